The fourth-order valence-electron chi connectivity index (χ4n) is 5.36. The molecule has 3 heteroatoms. The molecule has 4 aliphatic carbocycles. The summed E-state index contributed by atoms with van der Waals surface area (Å²) in [4.78, 5) is 13.1. The molecule has 0 aromatic heterocycles. The van der Waals surface area contributed by atoms with Crippen LogP contribution < -0.4 is 4.74 Å². The molecule has 4 saturated carbocycles. The summed E-state index contributed by atoms with van der Waals surface area (Å²) in [6.45, 7) is 0. The van der Waals surface area contributed by atoms with E-state index in [4.69, 9.17) is 4.74 Å². The van der Waals surface area contributed by atoms with Gasteiger partial charge in [-0.3, -0.25) is 4.79 Å². The van der Waals surface area contributed by atoms with E-state index in [0.717, 1.165) is 27.6 Å². The van der Waals surface area contributed by atoms with E-state index in [9.17, 15) is 4.79 Å². The molecule has 0 aliphatic heterocycles. The van der Waals surface area contributed by atoms with Crippen LogP contribution in [0.1, 0.15) is 42.5 Å². The lowest BCUT2D eigenvalue weighted by molar-refractivity contribution is -0.0251. The Morgan fingerprint density at radius 2 is 1.71 bits per heavy atom. The number of carbonyl (C=O) groups excluding carboxylic acids is 1. The van der Waals surface area contributed by atoms with Crippen LogP contribution in [0.2, 0.25) is 0 Å². The number of ketones is 1. The Kier molecular flexibility index (Phi) is 3.36. The maximum atomic E-state index is 13.1. The Morgan fingerprint density at radius 3 is 2.24 bits per heavy atom. The third kappa shape index (κ3) is 2.25. The molecule has 2 nitrogen and oxygen atoms in total. The highest BCUT2D eigenvalue weighted by Gasteiger charge is 2.50. The summed E-state index contributed by atoms with van der Waals surface area (Å²) in [6, 6.07) is 5.73. The summed E-state index contributed by atoms with van der Waals surface area (Å²) in [5.74, 6) is 4.53. The fraction of sp³-hybridized carbons (Fsp3) is 0.611. The molecule has 0 spiro atoms. The molecular formula is C18H21BrO2. The van der Waals surface area contributed by atoms with Crippen molar-refractivity contribution >= 4 is 21.7 Å². The van der Waals surface area contributed by atoms with Gasteiger partial charge in [-0.25, -0.2) is 0 Å². The first-order valence-corrected chi connectivity index (χ1v) is 8.82. The molecular weight excluding hydrogens is 328 g/mol. The highest BCUT2D eigenvalue weighted by Crippen LogP contribution is 2.57. The highest BCUT2D eigenvalue weighted by atomic mass is 79.9. The summed E-state index contributed by atoms with van der Waals surface area (Å²) in [7, 11) is 1.65. The van der Waals surface area contributed by atoms with E-state index in [1.165, 1.54) is 32.1 Å². The monoisotopic (exact) mass is 348 g/mol. The fourth-order valence-corrected chi connectivity index (χ4v) is 5.91. The third-order valence-corrected chi connectivity index (χ3v) is 6.63. The second-order valence-corrected chi connectivity index (χ2v) is 8.02. The summed E-state index contributed by atoms with van der Waals surface area (Å²) < 4.78 is 6.10. The normalized spacial score (nSPS) is 36.8. The van der Waals surface area contributed by atoms with E-state index in [1.54, 1.807) is 7.11 Å². The molecule has 0 radical (unpaired) electrons. The zero-order valence-electron chi connectivity index (χ0n) is 12.3. The lowest BCUT2D eigenvalue weighted by Crippen LogP contribution is -2.48. The molecule has 0 amide bonds. The van der Waals surface area contributed by atoms with E-state index in [0.29, 0.717) is 17.6 Å². The zero-order valence-corrected chi connectivity index (χ0v) is 13.9. The molecule has 0 N–H and O–H groups in total. The molecule has 0 atom stereocenters. The van der Waals surface area contributed by atoms with Crippen LogP contribution in [-0.2, 0) is 0 Å². The average molecular weight is 349 g/mol. The molecule has 0 heterocycles. The SMILES string of the molecule is COc1ccc(C(=O)C2C3CC4CC(C3)CC2C4)c(Br)c1. The summed E-state index contributed by atoms with van der Waals surface area (Å²) in [5, 5.41) is 0. The summed E-state index contributed by atoms with van der Waals surface area (Å²) in [6.07, 6.45) is 6.59. The second kappa shape index (κ2) is 5.12. The summed E-state index contributed by atoms with van der Waals surface area (Å²) >= 11 is 3.55. The van der Waals surface area contributed by atoms with E-state index in [-0.39, 0.29) is 5.92 Å². The van der Waals surface area contributed by atoms with Gasteiger partial charge in [0, 0.05) is 16.0 Å². The molecule has 4 bridgehead atoms. The maximum absolute atomic E-state index is 13.1. The third-order valence-electron chi connectivity index (χ3n) is 5.97. The van der Waals surface area contributed by atoms with Gasteiger partial charge in [0.05, 0.1) is 7.11 Å². The molecule has 1 aromatic rings. The first-order valence-electron chi connectivity index (χ1n) is 8.03. The topological polar surface area (TPSA) is 26.3 Å². The van der Waals surface area contributed by atoms with Crippen molar-refractivity contribution in [3.63, 3.8) is 0 Å². The van der Waals surface area contributed by atoms with Crippen LogP contribution in [0.3, 0.4) is 0 Å². The standard InChI is InChI=1S/C18H21BrO2/c1-21-14-2-3-15(16(19)9-14)18(20)17-12-5-10-4-11(7-12)8-13(17)6-10/h2-3,9-13,17H,4-8H2,1H3. The predicted octanol–water partition coefficient (Wildman–Crippen LogP) is 4.71. The molecule has 5 rings (SSSR count). The first kappa shape index (κ1) is 13.8. The lowest BCUT2D eigenvalue weighted by Gasteiger charge is -2.53. The van der Waals surface area contributed by atoms with E-state index < -0.39 is 0 Å². The number of hydrogen-bond donors (Lipinski definition) is 0. The molecule has 0 unspecified atom stereocenters. The van der Waals surface area contributed by atoms with Crippen LogP contribution in [0.15, 0.2) is 22.7 Å². The highest BCUT2D eigenvalue weighted by molar-refractivity contribution is 9.10. The van der Waals surface area contributed by atoms with E-state index in [2.05, 4.69) is 15.9 Å². The molecule has 112 valence electrons. The van der Waals surface area contributed by atoms with Crippen molar-refractivity contribution in [2.45, 2.75) is 32.1 Å². The van der Waals surface area contributed by atoms with Gasteiger partial charge in [0.15, 0.2) is 5.78 Å². The van der Waals surface area contributed by atoms with Crippen molar-refractivity contribution in [1.29, 1.82) is 0 Å². The Hall–Kier alpha value is -0.830. The van der Waals surface area contributed by atoms with Crippen LogP contribution in [0.4, 0.5) is 0 Å². The van der Waals surface area contributed by atoms with Gasteiger partial charge in [-0.1, -0.05) is 0 Å². The van der Waals surface area contributed by atoms with Crippen molar-refractivity contribution in [3.8, 4) is 5.75 Å². The number of methoxy groups -OCH3 is 1. The number of benzene rings is 1. The van der Waals surface area contributed by atoms with Gasteiger partial charge in [0.2, 0.25) is 0 Å². The van der Waals surface area contributed by atoms with Crippen LogP contribution >= 0.6 is 15.9 Å². The van der Waals surface area contributed by atoms with Crippen LogP contribution in [-0.4, -0.2) is 12.9 Å². The van der Waals surface area contributed by atoms with Crippen molar-refractivity contribution in [2.24, 2.45) is 29.6 Å². The van der Waals surface area contributed by atoms with Gasteiger partial charge >= 0.3 is 0 Å². The minimum atomic E-state index is 0.266. The minimum Gasteiger partial charge on any atom is -0.497 e. The van der Waals surface area contributed by atoms with Crippen LogP contribution in [0, 0.1) is 29.6 Å². The van der Waals surface area contributed by atoms with Gasteiger partial charge in [-0.15, -0.1) is 0 Å². The van der Waals surface area contributed by atoms with Gasteiger partial charge in [-0.05, 0) is 89.9 Å². The number of halogens is 1. The largest absolute Gasteiger partial charge is 0.497 e. The quantitative estimate of drug-likeness (QED) is 0.739. The van der Waals surface area contributed by atoms with Crippen molar-refractivity contribution in [3.05, 3.63) is 28.2 Å². The smallest absolute Gasteiger partial charge is 0.167 e. The Labute approximate surface area is 134 Å². The molecule has 1 aromatic carbocycles. The number of carbonyl (C=O) groups is 1. The zero-order chi connectivity index (χ0) is 14.6. The van der Waals surface area contributed by atoms with Crippen molar-refractivity contribution < 1.29 is 9.53 Å². The lowest BCUT2D eigenvalue weighted by atomic mass is 9.51. The Bertz CT molecular complexity index is 553. The minimum absolute atomic E-state index is 0.266. The number of Topliss-reactive ketones (excluding diaryl/α,β-unsaturated/α-hetero) is 1. The number of ether oxygens (including phenoxy) is 1. The van der Waals surface area contributed by atoms with E-state index in [1.807, 2.05) is 18.2 Å². The van der Waals surface area contributed by atoms with Gasteiger partial charge in [0.1, 0.15) is 5.75 Å². The molecule has 4 fully saturated rings. The van der Waals surface area contributed by atoms with Crippen molar-refractivity contribution in [1.82, 2.24) is 0 Å². The van der Waals surface area contributed by atoms with Gasteiger partial charge in [0.25, 0.3) is 0 Å². The molecule has 0 saturated heterocycles. The van der Waals surface area contributed by atoms with E-state index >= 15 is 0 Å². The number of rotatable bonds is 3. The summed E-state index contributed by atoms with van der Waals surface area (Å²) in [5.41, 5.74) is 0.841. The average Bonchev–Trinajstić information content (AvgIpc) is 2.45. The van der Waals surface area contributed by atoms with Crippen molar-refractivity contribution in [2.75, 3.05) is 7.11 Å². The van der Waals surface area contributed by atoms with Crippen LogP contribution in [0.25, 0.3) is 0 Å². The van der Waals surface area contributed by atoms with Crippen LogP contribution in [0.5, 0.6) is 5.75 Å². The number of hydrogen-bond acceptors (Lipinski definition) is 2. The van der Waals surface area contributed by atoms with Gasteiger partial charge in [-0.2, -0.15) is 0 Å². The molecule has 4 aliphatic rings. The molecule has 21 heavy (non-hydrogen) atoms. The second-order valence-electron chi connectivity index (χ2n) is 7.17. The first-order chi connectivity index (χ1) is 10.2. The Morgan fingerprint density at radius 1 is 1.10 bits per heavy atom. The maximum Gasteiger partial charge on any atom is 0.167 e. The van der Waals surface area contributed by atoms with Gasteiger partial charge < -0.3 is 4.74 Å². The Balaban J connectivity index is 1.63. The predicted molar refractivity (Wildman–Crippen MR) is 85.6 cm³/mol.